The van der Waals surface area contributed by atoms with Crippen molar-refractivity contribution in [2.24, 2.45) is 0 Å². The molecule has 0 unspecified atom stereocenters. The summed E-state index contributed by atoms with van der Waals surface area (Å²) in [6.07, 6.45) is 2.70. The molecule has 1 saturated heterocycles. The van der Waals surface area contributed by atoms with E-state index in [2.05, 4.69) is 10.2 Å². The SMILES string of the molecule is COc1ccc(C(=O)NC2CCN(CCCOc3cccc4c3C(=O)C(=C(C)C)O4)CC2)cc1. The second-order valence-electron chi connectivity index (χ2n) is 8.91. The summed E-state index contributed by atoms with van der Waals surface area (Å²) in [6, 6.07) is 12.8. The number of fused-ring (bicyclic) bond motifs is 1. The molecule has 2 aliphatic heterocycles. The van der Waals surface area contributed by atoms with Crippen molar-refractivity contribution in [1.82, 2.24) is 10.2 Å². The van der Waals surface area contributed by atoms with Crippen LogP contribution in [-0.4, -0.2) is 56.0 Å². The number of allylic oxidation sites excluding steroid dienone is 2. The van der Waals surface area contributed by atoms with Gasteiger partial charge in [0.25, 0.3) is 5.91 Å². The van der Waals surface area contributed by atoms with Gasteiger partial charge >= 0.3 is 0 Å². The minimum Gasteiger partial charge on any atom is -0.497 e. The van der Waals surface area contributed by atoms with Gasteiger partial charge in [0.1, 0.15) is 22.8 Å². The van der Waals surface area contributed by atoms with Crippen LogP contribution in [-0.2, 0) is 0 Å². The average molecular weight is 465 g/mol. The Balaban J connectivity index is 1.19. The molecule has 0 spiro atoms. The van der Waals surface area contributed by atoms with Crippen LogP contribution < -0.4 is 19.5 Å². The fourth-order valence-corrected chi connectivity index (χ4v) is 4.32. The third-order valence-corrected chi connectivity index (χ3v) is 6.24. The van der Waals surface area contributed by atoms with Gasteiger partial charge in [0.2, 0.25) is 5.78 Å². The largest absolute Gasteiger partial charge is 0.497 e. The van der Waals surface area contributed by atoms with E-state index in [-0.39, 0.29) is 17.7 Å². The van der Waals surface area contributed by atoms with Crippen molar-refractivity contribution in [2.45, 2.75) is 39.2 Å². The molecule has 0 aliphatic carbocycles. The molecule has 2 aliphatic rings. The summed E-state index contributed by atoms with van der Waals surface area (Å²) in [6.45, 7) is 7.05. The highest BCUT2D eigenvalue weighted by atomic mass is 16.5. The van der Waals surface area contributed by atoms with E-state index < -0.39 is 0 Å². The van der Waals surface area contributed by atoms with Crippen LogP contribution in [0.4, 0.5) is 0 Å². The molecule has 34 heavy (non-hydrogen) atoms. The molecule has 0 atom stereocenters. The van der Waals surface area contributed by atoms with Crippen LogP contribution in [0.5, 0.6) is 17.2 Å². The molecule has 0 aromatic heterocycles. The zero-order valence-electron chi connectivity index (χ0n) is 20.1. The van der Waals surface area contributed by atoms with Gasteiger partial charge in [-0.15, -0.1) is 0 Å². The Bertz CT molecular complexity index is 1060. The van der Waals surface area contributed by atoms with Crippen molar-refractivity contribution >= 4 is 11.7 Å². The first-order valence-electron chi connectivity index (χ1n) is 11.8. The number of ketones is 1. The number of carbonyl (C=O) groups excluding carboxylic acids is 2. The Hall–Kier alpha value is -3.32. The highest BCUT2D eigenvalue weighted by Gasteiger charge is 2.31. The summed E-state index contributed by atoms with van der Waals surface area (Å²) in [7, 11) is 1.61. The summed E-state index contributed by atoms with van der Waals surface area (Å²) in [5, 5.41) is 3.14. The quantitative estimate of drug-likeness (QED) is 0.466. The Morgan fingerprint density at radius 1 is 1.12 bits per heavy atom. The fourth-order valence-electron chi connectivity index (χ4n) is 4.32. The lowest BCUT2D eigenvalue weighted by molar-refractivity contribution is 0.0909. The molecular weight excluding hydrogens is 432 g/mol. The van der Waals surface area contributed by atoms with Crippen molar-refractivity contribution < 1.29 is 23.8 Å². The minimum absolute atomic E-state index is 0.0420. The topological polar surface area (TPSA) is 77.1 Å². The number of nitrogens with one attached hydrogen (secondary N) is 1. The van der Waals surface area contributed by atoms with Crippen LogP contribution in [0, 0.1) is 0 Å². The number of methoxy groups -OCH3 is 1. The Kier molecular flexibility index (Phi) is 7.53. The van der Waals surface area contributed by atoms with Crippen molar-refractivity contribution in [2.75, 3.05) is 33.4 Å². The molecule has 2 heterocycles. The first kappa shape index (κ1) is 23.8. The average Bonchev–Trinajstić information content (AvgIpc) is 3.20. The molecule has 2 aromatic rings. The summed E-state index contributed by atoms with van der Waals surface area (Å²) in [5.41, 5.74) is 2.02. The number of hydrogen-bond donors (Lipinski definition) is 1. The second-order valence-corrected chi connectivity index (χ2v) is 8.91. The van der Waals surface area contributed by atoms with E-state index in [4.69, 9.17) is 14.2 Å². The molecule has 7 nitrogen and oxygen atoms in total. The van der Waals surface area contributed by atoms with Crippen LogP contribution in [0.2, 0.25) is 0 Å². The second kappa shape index (κ2) is 10.7. The van der Waals surface area contributed by atoms with E-state index in [1.807, 2.05) is 26.0 Å². The number of nitrogens with zero attached hydrogens (tertiary/aromatic N) is 1. The van der Waals surface area contributed by atoms with Crippen LogP contribution in [0.3, 0.4) is 0 Å². The molecule has 2 aromatic carbocycles. The van der Waals surface area contributed by atoms with Crippen LogP contribution in [0.15, 0.2) is 53.8 Å². The summed E-state index contributed by atoms with van der Waals surface area (Å²) < 4.78 is 16.8. The number of Topliss-reactive ketones (excluding diaryl/α,β-unsaturated/α-hetero) is 1. The molecule has 0 radical (unpaired) electrons. The maximum Gasteiger partial charge on any atom is 0.251 e. The molecular formula is C27H32N2O5. The van der Waals surface area contributed by atoms with Crippen LogP contribution in [0.25, 0.3) is 0 Å². The number of amides is 1. The standard InChI is InChI=1S/C27H32N2O5/c1-18(2)26-25(30)24-22(6-4-7-23(24)34-26)33-17-5-14-29-15-12-20(13-16-29)28-27(31)19-8-10-21(32-3)11-9-19/h4,6-11,20H,5,12-17H2,1-3H3,(H,28,31). The third-order valence-electron chi connectivity index (χ3n) is 6.24. The first-order chi connectivity index (χ1) is 16.5. The lowest BCUT2D eigenvalue weighted by atomic mass is 10.0. The van der Waals surface area contributed by atoms with Gasteiger partial charge in [0.15, 0.2) is 5.76 Å². The van der Waals surface area contributed by atoms with E-state index in [9.17, 15) is 9.59 Å². The van der Waals surface area contributed by atoms with E-state index in [0.717, 1.165) is 50.2 Å². The highest BCUT2D eigenvalue weighted by molar-refractivity contribution is 6.14. The summed E-state index contributed by atoms with van der Waals surface area (Å²) in [5.74, 6) is 2.14. The van der Waals surface area contributed by atoms with E-state index in [1.165, 1.54) is 0 Å². The van der Waals surface area contributed by atoms with Gasteiger partial charge in [0, 0.05) is 31.2 Å². The van der Waals surface area contributed by atoms with Crippen molar-refractivity contribution in [3.05, 3.63) is 64.9 Å². The molecule has 1 amide bonds. The highest BCUT2D eigenvalue weighted by Crippen LogP contribution is 2.38. The number of ether oxygens (including phenoxy) is 3. The maximum atomic E-state index is 12.7. The predicted molar refractivity (Wildman–Crippen MR) is 130 cm³/mol. The fraction of sp³-hybridized carbons (Fsp3) is 0.407. The lowest BCUT2D eigenvalue weighted by Gasteiger charge is -2.32. The lowest BCUT2D eigenvalue weighted by Crippen LogP contribution is -2.45. The number of hydrogen-bond acceptors (Lipinski definition) is 6. The smallest absolute Gasteiger partial charge is 0.251 e. The van der Waals surface area contributed by atoms with Crippen LogP contribution >= 0.6 is 0 Å². The Morgan fingerprint density at radius 2 is 1.85 bits per heavy atom. The van der Waals surface area contributed by atoms with Gasteiger partial charge in [-0.1, -0.05) is 6.07 Å². The van der Waals surface area contributed by atoms with E-state index in [0.29, 0.717) is 35.0 Å². The summed E-state index contributed by atoms with van der Waals surface area (Å²) >= 11 is 0. The van der Waals surface area contributed by atoms with Gasteiger partial charge in [0.05, 0.1) is 13.7 Å². The van der Waals surface area contributed by atoms with Crippen molar-refractivity contribution in [1.29, 1.82) is 0 Å². The zero-order valence-corrected chi connectivity index (χ0v) is 20.1. The zero-order chi connectivity index (χ0) is 24.1. The number of piperidine rings is 1. The molecule has 0 bridgehead atoms. The van der Waals surface area contributed by atoms with Gasteiger partial charge in [-0.3, -0.25) is 9.59 Å². The van der Waals surface area contributed by atoms with Gasteiger partial charge < -0.3 is 24.4 Å². The molecule has 180 valence electrons. The molecule has 0 saturated carbocycles. The number of rotatable bonds is 8. The van der Waals surface area contributed by atoms with Gasteiger partial charge in [-0.25, -0.2) is 0 Å². The maximum absolute atomic E-state index is 12.7. The van der Waals surface area contributed by atoms with Gasteiger partial charge in [-0.2, -0.15) is 0 Å². The first-order valence-corrected chi connectivity index (χ1v) is 11.8. The number of carbonyl (C=O) groups is 2. The molecule has 4 rings (SSSR count). The normalized spacial score (nSPS) is 16.1. The van der Waals surface area contributed by atoms with Crippen molar-refractivity contribution in [3.63, 3.8) is 0 Å². The van der Waals surface area contributed by atoms with Crippen LogP contribution in [0.1, 0.15) is 53.8 Å². The predicted octanol–water partition coefficient (Wildman–Crippen LogP) is 4.23. The molecule has 1 N–H and O–H groups in total. The van der Waals surface area contributed by atoms with E-state index >= 15 is 0 Å². The van der Waals surface area contributed by atoms with E-state index in [1.54, 1.807) is 37.4 Å². The Labute approximate surface area is 200 Å². The molecule has 1 fully saturated rings. The number of benzene rings is 2. The summed E-state index contributed by atoms with van der Waals surface area (Å²) in [4.78, 5) is 27.5. The van der Waals surface area contributed by atoms with Gasteiger partial charge in [-0.05, 0) is 75.1 Å². The third kappa shape index (κ3) is 5.42. The number of likely N-dealkylation sites (tertiary alicyclic amines) is 1. The van der Waals surface area contributed by atoms with Crippen molar-refractivity contribution in [3.8, 4) is 17.2 Å². The monoisotopic (exact) mass is 464 g/mol. The Morgan fingerprint density at radius 3 is 2.53 bits per heavy atom. The molecule has 7 heteroatoms. The minimum atomic E-state index is -0.107.